The maximum absolute atomic E-state index is 13.4. The van der Waals surface area contributed by atoms with Crippen molar-refractivity contribution >= 4 is 46.4 Å². The highest BCUT2D eigenvalue weighted by atomic mass is 16.2. The summed E-state index contributed by atoms with van der Waals surface area (Å²) in [7, 11) is 3.52. The van der Waals surface area contributed by atoms with Crippen LogP contribution in [0.1, 0.15) is 86.6 Å². The first-order valence-electron chi connectivity index (χ1n) is 20.6. The Morgan fingerprint density at radius 1 is 0.814 bits per heavy atom. The fourth-order valence-electron chi connectivity index (χ4n) is 9.33. The minimum atomic E-state index is -0.962. The van der Waals surface area contributed by atoms with Gasteiger partial charge in [0.2, 0.25) is 11.8 Å². The smallest absolute Gasteiger partial charge is 0.262 e. The van der Waals surface area contributed by atoms with E-state index in [1.807, 2.05) is 43.6 Å². The van der Waals surface area contributed by atoms with Crippen molar-refractivity contribution < 1.29 is 24.0 Å². The first kappa shape index (κ1) is 38.3. The van der Waals surface area contributed by atoms with E-state index >= 15 is 0 Å². The Morgan fingerprint density at radius 3 is 2.25 bits per heavy atom. The van der Waals surface area contributed by atoms with Crippen molar-refractivity contribution in [1.82, 2.24) is 35.0 Å². The van der Waals surface area contributed by atoms with Crippen LogP contribution in [0.2, 0.25) is 0 Å². The Morgan fingerprint density at radius 2 is 1.54 bits per heavy atom. The van der Waals surface area contributed by atoms with Gasteiger partial charge < -0.3 is 19.7 Å². The number of nitrogens with zero attached hydrogens (tertiary/aromatic N) is 6. The summed E-state index contributed by atoms with van der Waals surface area (Å²) in [6.07, 6.45) is 8.34. The van der Waals surface area contributed by atoms with Crippen LogP contribution in [0.25, 0.3) is 33.5 Å². The molecule has 4 aliphatic heterocycles. The lowest BCUT2D eigenvalue weighted by Crippen LogP contribution is -2.54. The molecular weight excluding hydrogens is 745 g/mol. The SMILES string of the molecule is Cc1cc(-c2c[nH]c3ncc(-c4ccc(C5CCN(CC6CCN(c7ccc8c(c7)C(=O)N(C7CCC(=O)NC7=O)C8=O)CC6)CC5)cc4)nc23)ccc1C(=O)N(C)C. The Bertz CT molecular complexity index is 2490. The van der Waals surface area contributed by atoms with Gasteiger partial charge >= 0.3 is 0 Å². The molecule has 4 aliphatic rings. The Labute approximate surface area is 342 Å². The molecule has 3 fully saturated rings. The van der Waals surface area contributed by atoms with E-state index in [2.05, 4.69) is 44.4 Å². The number of aromatic amines is 1. The monoisotopic (exact) mass is 792 g/mol. The number of imide groups is 2. The highest BCUT2D eigenvalue weighted by molar-refractivity contribution is 6.23. The van der Waals surface area contributed by atoms with Gasteiger partial charge in [-0.1, -0.05) is 36.4 Å². The molecule has 3 saturated heterocycles. The zero-order valence-electron chi connectivity index (χ0n) is 33.7. The van der Waals surface area contributed by atoms with Gasteiger partial charge in [0.1, 0.15) is 11.6 Å². The normalized spacial score (nSPS) is 19.4. The summed E-state index contributed by atoms with van der Waals surface area (Å²) in [6, 6.07) is 19.1. The molecular formula is C46H48N8O5. The number of fused-ring (bicyclic) bond motifs is 2. The number of benzene rings is 3. The predicted molar refractivity (Wildman–Crippen MR) is 224 cm³/mol. The van der Waals surface area contributed by atoms with Gasteiger partial charge in [0.05, 0.1) is 23.0 Å². The molecule has 0 bridgehead atoms. The van der Waals surface area contributed by atoms with Crippen molar-refractivity contribution in [3.8, 4) is 22.4 Å². The van der Waals surface area contributed by atoms with Crippen molar-refractivity contribution in [2.75, 3.05) is 51.7 Å². The topological polar surface area (TPSA) is 152 Å². The lowest BCUT2D eigenvalue weighted by Gasteiger charge is -2.38. The van der Waals surface area contributed by atoms with Gasteiger partial charge in [0.25, 0.3) is 17.7 Å². The third-order valence-corrected chi connectivity index (χ3v) is 12.7. The Hall–Kier alpha value is -6.21. The van der Waals surface area contributed by atoms with Gasteiger partial charge in [-0.3, -0.25) is 34.2 Å². The number of anilines is 1. The maximum atomic E-state index is 13.4. The number of aryl methyl sites for hydroxylation is 1. The third kappa shape index (κ3) is 7.28. The second kappa shape index (κ2) is 15.5. The molecule has 9 rings (SSSR count). The summed E-state index contributed by atoms with van der Waals surface area (Å²) < 4.78 is 0. The predicted octanol–water partition coefficient (Wildman–Crippen LogP) is 5.80. The number of nitrogens with one attached hydrogen (secondary N) is 2. The molecule has 0 aliphatic carbocycles. The fourth-order valence-corrected chi connectivity index (χ4v) is 9.33. The molecule has 0 radical (unpaired) electrons. The summed E-state index contributed by atoms with van der Waals surface area (Å²) in [4.78, 5) is 83.7. The Kier molecular flexibility index (Phi) is 10.1. The van der Waals surface area contributed by atoms with Gasteiger partial charge in [-0.2, -0.15) is 0 Å². The van der Waals surface area contributed by atoms with E-state index in [4.69, 9.17) is 9.97 Å². The first-order chi connectivity index (χ1) is 28.5. The van der Waals surface area contributed by atoms with E-state index in [0.717, 1.165) is 108 Å². The molecule has 3 aromatic carbocycles. The van der Waals surface area contributed by atoms with Crippen molar-refractivity contribution in [2.24, 2.45) is 5.92 Å². The van der Waals surface area contributed by atoms with Gasteiger partial charge in [-0.25, -0.2) is 9.97 Å². The Balaban J connectivity index is 0.775. The number of carbonyl (C=O) groups excluding carboxylic acids is 5. The second-order valence-corrected chi connectivity index (χ2v) is 16.7. The van der Waals surface area contributed by atoms with Gasteiger partial charge in [0, 0.05) is 68.7 Å². The lowest BCUT2D eigenvalue weighted by atomic mass is 9.87. The number of rotatable bonds is 8. The molecule has 6 heterocycles. The van der Waals surface area contributed by atoms with Crippen LogP contribution in [0.4, 0.5) is 5.69 Å². The first-order valence-corrected chi connectivity index (χ1v) is 20.6. The summed E-state index contributed by atoms with van der Waals surface area (Å²) in [5, 5.41) is 2.25. The minimum absolute atomic E-state index is 0.0161. The van der Waals surface area contributed by atoms with Crippen LogP contribution in [0.3, 0.4) is 0 Å². The second-order valence-electron chi connectivity index (χ2n) is 16.7. The number of piperidine rings is 3. The molecule has 1 atom stereocenters. The average Bonchev–Trinajstić information content (AvgIpc) is 3.78. The highest BCUT2D eigenvalue weighted by Gasteiger charge is 2.45. The van der Waals surface area contributed by atoms with Crippen molar-refractivity contribution in [3.63, 3.8) is 0 Å². The van der Waals surface area contributed by atoms with Crippen LogP contribution >= 0.6 is 0 Å². The standard InChI is InChI=1S/C46H48N8O5/c1-27-22-32(8-10-34(27)44(57)51(2)3)37-24-47-42-41(37)49-38(25-48-42)31-6-4-29(5-7-31)30-16-18-52(19-17-30)26-28-14-20-53(21-15-28)33-9-11-35-36(23-33)46(59)54(45(35)58)39-12-13-40(55)50-43(39)56/h4-11,22-25,28,30,39H,12-21,26H2,1-3H3,(H,47,48)(H,50,55,56). The van der Waals surface area contributed by atoms with Gasteiger partial charge in [-0.05, 0) is 105 Å². The van der Waals surface area contributed by atoms with Crippen LogP contribution in [-0.4, -0.2) is 112 Å². The van der Waals surface area contributed by atoms with Crippen LogP contribution < -0.4 is 10.2 Å². The summed E-state index contributed by atoms with van der Waals surface area (Å²) in [5.74, 6) is -0.836. The molecule has 2 aromatic heterocycles. The van der Waals surface area contributed by atoms with E-state index in [9.17, 15) is 24.0 Å². The summed E-state index contributed by atoms with van der Waals surface area (Å²) in [6.45, 7) is 6.93. The summed E-state index contributed by atoms with van der Waals surface area (Å²) in [5.41, 5.74) is 9.81. The largest absolute Gasteiger partial charge is 0.371 e. The number of carbonyl (C=O) groups is 5. The van der Waals surface area contributed by atoms with Gasteiger partial charge in [-0.15, -0.1) is 0 Å². The number of aromatic nitrogens is 3. The van der Waals surface area contributed by atoms with Crippen molar-refractivity contribution in [3.05, 3.63) is 101 Å². The zero-order chi connectivity index (χ0) is 40.9. The number of likely N-dealkylation sites (tertiary alicyclic amines) is 1. The van der Waals surface area contributed by atoms with E-state index in [0.29, 0.717) is 28.5 Å². The van der Waals surface area contributed by atoms with Crippen molar-refractivity contribution in [2.45, 2.75) is 57.4 Å². The number of H-pyrrole nitrogens is 1. The molecule has 302 valence electrons. The zero-order valence-corrected chi connectivity index (χ0v) is 33.7. The highest BCUT2D eigenvalue weighted by Crippen LogP contribution is 2.35. The molecule has 59 heavy (non-hydrogen) atoms. The van der Waals surface area contributed by atoms with Crippen molar-refractivity contribution in [1.29, 1.82) is 0 Å². The molecule has 13 heteroatoms. The quantitative estimate of drug-likeness (QED) is 0.186. The van der Waals surface area contributed by atoms with Crippen LogP contribution in [0, 0.1) is 12.8 Å². The summed E-state index contributed by atoms with van der Waals surface area (Å²) >= 11 is 0. The fraction of sp³-hybridized carbons (Fsp3) is 0.370. The average molecular weight is 793 g/mol. The van der Waals surface area contributed by atoms with Crippen LogP contribution in [0.5, 0.6) is 0 Å². The van der Waals surface area contributed by atoms with Crippen LogP contribution in [0.15, 0.2) is 73.1 Å². The van der Waals surface area contributed by atoms with E-state index in [-0.39, 0.29) is 24.7 Å². The molecule has 0 saturated carbocycles. The molecule has 13 nitrogen and oxygen atoms in total. The van der Waals surface area contributed by atoms with Crippen LogP contribution in [-0.2, 0) is 9.59 Å². The molecule has 1 unspecified atom stereocenters. The maximum Gasteiger partial charge on any atom is 0.262 e. The van der Waals surface area contributed by atoms with Gasteiger partial charge in [0.15, 0.2) is 5.65 Å². The number of hydrogen-bond donors (Lipinski definition) is 2. The van der Waals surface area contributed by atoms with E-state index in [1.165, 1.54) is 5.56 Å². The number of amides is 5. The third-order valence-electron chi connectivity index (χ3n) is 12.7. The number of hydrogen-bond acceptors (Lipinski definition) is 9. The lowest BCUT2D eigenvalue weighted by molar-refractivity contribution is -0.136. The molecule has 5 aromatic rings. The van der Waals surface area contributed by atoms with E-state index < -0.39 is 23.8 Å². The van der Waals surface area contributed by atoms with E-state index in [1.54, 1.807) is 31.1 Å². The molecule has 2 N–H and O–H groups in total. The molecule has 0 spiro atoms. The molecule has 5 amide bonds. The minimum Gasteiger partial charge on any atom is -0.371 e.